The van der Waals surface area contributed by atoms with Gasteiger partial charge in [0.05, 0.1) is 11.0 Å². The van der Waals surface area contributed by atoms with Gasteiger partial charge in [-0.3, -0.25) is 14.4 Å². The number of hydrogen-bond donors (Lipinski definition) is 3. The van der Waals surface area contributed by atoms with Crippen molar-refractivity contribution in [3.8, 4) is 0 Å². The largest absolute Gasteiger partial charge is 0.483 e. The maximum absolute atomic E-state index is 13.7. The molecular formula is C23H29N5O5. The molecule has 10 nitrogen and oxygen atoms in total. The Morgan fingerprint density at radius 2 is 1.97 bits per heavy atom. The summed E-state index contributed by atoms with van der Waals surface area (Å²) in [5, 5.41) is 14.7. The van der Waals surface area contributed by atoms with Crippen LogP contribution in [0.25, 0.3) is 11.0 Å². The number of para-hydroxylation sites is 2. The van der Waals surface area contributed by atoms with Crippen LogP contribution in [-0.2, 0) is 14.4 Å². The topological polar surface area (TPSA) is 149 Å². The molecule has 3 fully saturated rings. The normalized spacial score (nSPS) is 27.3. The van der Waals surface area contributed by atoms with E-state index in [-0.39, 0.29) is 24.7 Å². The number of hydrogen-bond acceptors (Lipinski definition) is 7. The molecule has 2 aromatic rings. The maximum atomic E-state index is 13.7. The van der Waals surface area contributed by atoms with E-state index in [1.165, 1.54) is 6.42 Å². The number of piperidine rings is 2. The zero-order valence-corrected chi connectivity index (χ0v) is 18.5. The fraction of sp³-hybridized carbons (Fsp3) is 0.522. The van der Waals surface area contributed by atoms with Gasteiger partial charge in [0, 0.05) is 18.1 Å². The van der Waals surface area contributed by atoms with Crippen molar-refractivity contribution in [2.45, 2.75) is 57.2 Å². The van der Waals surface area contributed by atoms with Gasteiger partial charge in [-0.25, -0.2) is 4.98 Å². The van der Waals surface area contributed by atoms with E-state index in [0.29, 0.717) is 29.9 Å². The van der Waals surface area contributed by atoms with Gasteiger partial charge < -0.3 is 25.6 Å². The zero-order valence-electron chi connectivity index (χ0n) is 18.5. The average molecular weight is 456 g/mol. The van der Waals surface area contributed by atoms with Crippen LogP contribution in [0.3, 0.4) is 0 Å². The highest BCUT2D eigenvalue weighted by Crippen LogP contribution is 2.55. The van der Waals surface area contributed by atoms with Crippen molar-refractivity contribution < 1.29 is 19.5 Å². The number of rotatable bonds is 7. The number of nitrogens with zero attached hydrogens (tertiary/aromatic N) is 3. The number of benzene rings is 1. The van der Waals surface area contributed by atoms with E-state index in [1.54, 1.807) is 0 Å². The van der Waals surface area contributed by atoms with Gasteiger partial charge in [0.25, 0.3) is 17.9 Å². The van der Waals surface area contributed by atoms with E-state index in [0.717, 1.165) is 42.1 Å². The molecule has 5 rings (SSSR count). The van der Waals surface area contributed by atoms with E-state index in [2.05, 4.69) is 15.5 Å². The first kappa shape index (κ1) is 22.9. The van der Waals surface area contributed by atoms with Crippen molar-refractivity contribution in [2.24, 2.45) is 22.7 Å². The van der Waals surface area contributed by atoms with Gasteiger partial charge in [-0.15, -0.1) is 0 Å². The van der Waals surface area contributed by atoms with Gasteiger partial charge in [-0.1, -0.05) is 30.6 Å². The molecular weight excluding hydrogens is 426 g/mol. The number of fused-ring (bicyclic) bond motifs is 6. The van der Waals surface area contributed by atoms with Gasteiger partial charge >= 0.3 is 0 Å². The zero-order chi connectivity index (χ0) is 23.5. The first-order valence-corrected chi connectivity index (χ1v) is 11.3. The van der Waals surface area contributed by atoms with Gasteiger partial charge in [-0.05, 0) is 49.7 Å². The van der Waals surface area contributed by atoms with Gasteiger partial charge in [0.1, 0.15) is 5.71 Å². The maximum Gasteiger partial charge on any atom is 0.290 e. The molecule has 176 valence electrons. The molecule has 1 aromatic heterocycles. The number of aromatic nitrogens is 2. The van der Waals surface area contributed by atoms with Crippen LogP contribution in [0.1, 0.15) is 50.8 Å². The summed E-state index contributed by atoms with van der Waals surface area (Å²) in [5.41, 5.74) is 7.40. The number of oxime groups is 1. The molecule has 0 radical (unpaired) electrons. The van der Waals surface area contributed by atoms with Crippen LogP contribution in [0.4, 0.5) is 0 Å². The third kappa shape index (κ3) is 4.61. The lowest BCUT2D eigenvalue weighted by Crippen LogP contribution is -2.45. The van der Waals surface area contributed by atoms with Crippen LogP contribution in [0, 0.1) is 11.8 Å². The molecule has 1 aromatic carbocycles. The monoisotopic (exact) mass is 455 g/mol. The van der Waals surface area contributed by atoms with Gasteiger partial charge in [0.15, 0.2) is 12.3 Å². The molecule has 10 heteroatoms. The second-order valence-corrected chi connectivity index (χ2v) is 8.83. The molecule has 3 aliphatic rings. The number of carbonyl (C=O) groups is 2. The van der Waals surface area contributed by atoms with Crippen LogP contribution >= 0.6 is 0 Å². The number of amides is 1. The van der Waals surface area contributed by atoms with E-state index >= 15 is 0 Å². The SMILES string of the molecule is CCC/C(=N\OCC(N)=O)c1nc2ccccc2n(C2CC3NC(C2)C2CC32)c1=O.O=CO. The fourth-order valence-electron chi connectivity index (χ4n) is 5.38. The molecule has 4 N–H and O–H groups in total. The summed E-state index contributed by atoms with van der Waals surface area (Å²) in [4.78, 5) is 42.8. The predicted molar refractivity (Wildman–Crippen MR) is 122 cm³/mol. The summed E-state index contributed by atoms with van der Waals surface area (Å²) in [6.07, 6.45) is 4.55. The van der Waals surface area contributed by atoms with Crippen LogP contribution in [0.15, 0.2) is 34.2 Å². The Bertz CT molecular complexity index is 1110. The molecule has 1 aliphatic carbocycles. The first-order chi connectivity index (χ1) is 16.0. The van der Waals surface area contributed by atoms with E-state index < -0.39 is 5.91 Å². The molecule has 3 heterocycles. The molecule has 4 unspecified atom stereocenters. The minimum absolute atomic E-state index is 0.136. The summed E-state index contributed by atoms with van der Waals surface area (Å²) in [6, 6.07) is 8.92. The highest BCUT2D eigenvalue weighted by Gasteiger charge is 2.57. The summed E-state index contributed by atoms with van der Waals surface area (Å²) < 4.78 is 1.93. The molecule has 33 heavy (non-hydrogen) atoms. The molecule has 2 saturated heterocycles. The Morgan fingerprint density at radius 3 is 2.61 bits per heavy atom. The van der Waals surface area contributed by atoms with E-state index in [1.807, 2.05) is 35.8 Å². The Hall–Kier alpha value is -3.27. The van der Waals surface area contributed by atoms with Crippen molar-refractivity contribution in [3.05, 3.63) is 40.3 Å². The third-order valence-electron chi connectivity index (χ3n) is 6.71. The molecule has 1 amide bonds. The van der Waals surface area contributed by atoms with Crippen LogP contribution in [0.5, 0.6) is 0 Å². The Kier molecular flexibility index (Phi) is 6.73. The lowest BCUT2D eigenvalue weighted by Gasteiger charge is -2.33. The number of nitrogens with one attached hydrogen (secondary N) is 1. The van der Waals surface area contributed by atoms with Crippen molar-refractivity contribution >= 4 is 29.1 Å². The number of carboxylic acid groups (broad SMARTS) is 1. The van der Waals surface area contributed by atoms with Crippen LogP contribution in [-0.4, -0.2) is 51.4 Å². The second-order valence-electron chi connectivity index (χ2n) is 8.83. The highest BCUT2D eigenvalue weighted by atomic mass is 16.6. The van der Waals surface area contributed by atoms with E-state index in [4.69, 9.17) is 20.5 Å². The van der Waals surface area contributed by atoms with Crippen molar-refractivity contribution in [1.82, 2.24) is 14.9 Å². The smallest absolute Gasteiger partial charge is 0.290 e. The van der Waals surface area contributed by atoms with Crippen molar-refractivity contribution in [1.29, 1.82) is 0 Å². The summed E-state index contributed by atoms with van der Waals surface area (Å²) in [7, 11) is 0. The lowest BCUT2D eigenvalue weighted by molar-refractivity contribution is -0.123. The molecule has 1 saturated carbocycles. The minimum Gasteiger partial charge on any atom is -0.483 e. The quantitative estimate of drug-likeness (QED) is 0.325. The average Bonchev–Trinajstić information content (AvgIpc) is 3.55. The summed E-state index contributed by atoms with van der Waals surface area (Å²) in [5.74, 6) is 0.951. The summed E-state index contributed by atoms with van der Waals surface area (Å²) >= 11 is 0. The summed E-state index contributed by atoms with van der Waals surface area (Å²) in [6.45, 7) is 1.43. The standard InChI is InChI=1S/C22H27N5O3.CH2O2/c1-2-5-16(26-30-11-20(23)28)21-22(29)27(19-7-4-3-6-15(19)25-21)12-8-17-13-10-14(13)18(9-12)24-17;2-1-3/h3-4,6-7,12-14,17-18,24H,2,5,8-11H2,1H3,(H2,23,28);1H,(H,2,3)/b26-16+;. The Morgan fingerprint density at radius 1 is 1.30 bits per heavy atom. The fourth-order valence-corrected chi connectivity index (χ4v) is 5.38. The molecule has 0 spiro atoms. The Labute approximate surface area is 190 Å². The lowest BCUT2D eigenvalue weighted by atomic mass is 9.94. The van der Waals surface area contributed by atoms with Gasteiger partial charge in [0.2, 0.25) is 0 Å². The van der Waals surface area contributed by atoms with Crippen LogP contribution < -0.4 is 16.6 Å². The highest BCUT2D eigenvalue weighted by molar-refractivity contribution is 5.99. The van der Waals surface area contributed by atoms with Gasteiger partial charge in [-0.2, -0.15) is 0 Å². The van der Waals surface area contributed by atoms with Crippen LogP contribution in [0.2, 0.25) is 0 Å². The number of carbonyl (C=O) groups excluding carboxylic acids is 1. The molecule has 2 aliphatic heterocycles. The van der Waals surface area contributed by atoms with Crippen molar-refractivity contribution in [3.63, 3.8) is 0 Å². The number of primary amides is 1. The Balaban J connectivity index is 0.000000821. The van der Waals surface area contributed by atoms with Crippen molar-refractivity contribution in [2.75, 3.05) is 6.61 Å². The first-order valence-electron chi connectivity index (χ1n) is 11.3. The minimum atomic E-state index is -0.609. The third-order valence-corrected chi connectivity index (χ3v) is 6.71. The molecule has 4 atom stereocenters. The predicted octanol–water partition coefficient (Wildman–Crippen LogP) is 1.41. The molecule has 2 bridgehead atoms. The second kappa shape index (κ2) is 9.70. The number of nitrogens with two attached hydrogens (primary N) is 1. The van der Waals surface area contributed by atoms with E-state index in [9.17, 15) is 9.59 Å².